The maximum atomic E-state index is 11.8. The topological polar surface area (TPSA) is 55.1 Å². The van der Waals surface area contributed by atoms with Crippen LogP contribution in [0.4, 0.5) is 5.69 Å². The van der Waals surface area contributed by atoms with Crippen LogP contribution < -0.4 is 5.32 Å². The zero-order valence-corrected chi connectivity index (χ0v) is 10.1. The van der Waals surface area contributed by atoms with E-state index in [1.165, 1.54) is 6.20 Å². The zero-order chi connectivity index (χ0) is 12.4. The Hall–Kier alpha value is -2.10. The summed E-state index contributed by atoms with van der Waals surface area (Å²) < 4.78 is 5.16. The number of benzene rings is 1. The Morgan fingerprint density at radius 2 is 2.06 bits per heavy atom. The molecule has 1 heterocycles. The van der Waals surface area contributed by atoms with Crippen LogP contribution in [0.3, 0.4) is 0 Å². The van der Waals surface area contributed by atoms with Crippen molar-refractivity contribution >= 4 is 11.6 Å². The van der Waals surface area contributed by atoms with E-state index in [0.29, 0.717) is 5.76 Å². The third kappa shape index (κ3) is 2.53. The number of aryl methyl sites for hydroxylation is 3. The fourth-order valence-corrected chi connectivity index (χ4v) is 1.51. The van der Waals surface area contributed by atoms with Crippen LogP contribution in [0.1, 0.15) is 27.6 Å². The molecule has 0 bridgehead atoms. The van der Waals surface area contributed by atoms with Crippen molar-refractivity contribution in [3.05, 3.63) is 47.2 Å². The molecule has 0 aliphatic rings. The van der Waals surface area contributed by atoms with Crippen LogP contribution in [0.15, 0.2) is 28.8 Å². The number of carbonyl (C=O) groups excluding carboxylic acids is 1. The van der Waals surface area contributed by atoms with Gasteiger partial charge in [-0.3, -0.25) is 4.79 Å². The number of nitrogens with one attached hydrogen (secondary N) is 1. The van der Waals surface area contributed by atoms with Crippen LogP contribution in [0.25, 0.3) is 0 Å². The van der Waals surface area contributed by atoms with Crippen LogP contribution in [0.2, 0.25) is 0 Å². The summed E-state index contributed by atoms with van der Waals surface area (Å²) in [7, 11) is 0. The number of nitrogens with zero attached hydrogens (tertiary/aromatic N) is 1. The Morgan fingerprint density at radius 1 is 1.29 bits per heavy atom. The summed E-state index contributed by atoms with van der Waals surface area (Å²) in [6.45, 7) is 5.67. The van der Waals surface area contributed by atoms with Crippen molar-refractivity contribution in [2.24, 2.45) is 0 Å². The Balaban J connectivity index is 2.21. The molecule has 0 unspecified atom stereocenters. The van der Waals surface area contributed by atoms with Gasteiger partial charge in [-0.1, -0.05) is 12.1 Å². The van der Waals surface area contributed by atoms with Gasteiger partial charge in [0.05, 0.1) is 6.20 Å². The lowest BCUT2D eigenvalue weighted by molar-refractivity contribution is 0.0989. The summed E-state index contributed by atoms with van der Waals surface area (Å²) in [4.78, 5) is 15.7. The number of anilines is 1. The minimum Gasteiger partial charge on any atom is -0.438 e. The van der Waals surface area contributed by atoms with Gasteiger partial charge in [0.25, 0.3) is 5.89 Å². The molecule has 0 fully saturated rings. The molecule has 0 aliphatic heterocycles. The van der Waals surface area contributed by atoms with Crippen LogP contribution in [-0.2, 0) is 0 Å². The molecule has 1 N–H and O–H groups in total. The molecule has 88 valence electrons. The number of rotatable bonds is 2. The molecule has 0 radical (unpaired) electrons. The lowest BCUT2D eigenvalue weighted by Gasteiger charge is -2.07. The van der Waals surface area contributed by atoms with E-state index < -0.39 is 0 Å². The van der Waals surface area contributed by atoms with E-state index in [1.54, 1.807) is 6.92 Å². The lowest BCUT2D eigenvalue weighted by atomic mass is 10.1. The second kappa shape index (κ2) is 4.41. The second-order valence-corrected chi connectivity index (χ2v) is 4.05. The van der Waals surface area contributed by atoms with E-state index in [9.17, 15) is 4.79 Å². The quantitative estimate of drug-likeness (QED) is 0.863. The van der Waals surface area contributed by atoms with Crippen molar-refractivity contribution in [1.29, 1.82) is 0 Å². The standard InChI is InChI=1S/C13H14N2O2/c1-8-4-5-9(2)11(6-8)15-12(16)13-14-7-10(3)17-13/h4-7H,1-3H3,(H,15,16). The molecule has 1 aromatic heterocycles. The zero-order valence-electron chi connectivity index (χ0n) is 10.1. The fourth-order valence-electron chi connectivity index (χ4n) is 1.51. The highest BCUT2D eigenvalue weighted by atomic mass is 16.4. The highest BCUT2D eigenvalue weighted by molar-refractivity contribution is 6.01. The summed E-state index contributed by atoms with van der Waals surface area (Å²) in [5, 5.41) is 2.79. The van der Waals surface area contributed by atoms with E-state index in [2.05, 4.69) is 10.3 Å². The monoisotopic (exact) mass is 230 g/mol. The first-order valence-electron chi connectivity index (χ1n) is 5.37. The lowest BCUT2D eigenvalue weighted by Crippen LogP contribution is -2.13. The van der Waals surface area contributed by atoms with Gasteiger partial charge in [0, 0.05) is 5.69 Å². The Labute approximate surface area is 99.7 Å². The summed E-state index contributed by atoms with van der Waals surface area (Å²) >= 11 is 0. The molecule has 0 aliphatic carbocycles. The van der Waals surface area contributed by atoms with Gasteiger partial charge >= 0.3 is 5.91 Å². The molecular weight excluding hydrogens is 216 g/mol. The van der Waals surface area contributed by atoms with Gasteiger partial charge in [0.1, 0.15) is 5.76 Å². The van der Waals surface area contributed by atoms with Crippen molar-refractivity contribution in [3.8, 4) is 0 Å². The molecule has 0 saturated carbocycles. The van der Waals surface area contributed by atoms with E-state index >= 15 is 0 Å². The summed E-state index contributed by atoms with van der Waals surface area (Å²) in [5.74, 6) is 0.381. The van der Waals surface area contributed by atoms with Gasteiger partial charge in [-0.05, 0) is 38.0 Å². The summed E-state index contributed by atoms with van der Waals surface area (Å²) in [6, 6.07) is 5.88. The van der Waals surface area contributed by atoms with Crippen molar-refractivity contribution in [2.45, 2.75) is 20.8 Å². The van der Waals surface area contributed by atoms with Gasteiger partial charge < -0.3 is 9.73 Å². The average Bonchev–Trinajstić information content (AvgIpc) is 2.70. The normalized spacial score (nSPS) is 10.3. The van der Waals surface area contributed by atoms with Gasteiger partial charge in [-0.25, -0.2) is 4.98 Å². The van der Waals surface area contributed by atoms with Crippen LogP contribution in [0, 0.1) is 20.8 Å². The first-order valence-corrected chi connectivity index (χ1v) is 5.37. The van der Waals surface area contributed by atoms with Gasteiger partial charge in [-0.15, -0.1) is 0 Å². The number of hydrogen-bond donors (Lipinski definition) is 1. The smallest absolute Gasteiger partial charge is 0.311 e. The molecule has 2 rings (SSSR count). The Morgan fingerprint density at radius 3 is 2.71 bits per heavy atom. The number of amides is 1. The second-order valence-electron chi connectivity index (χ2n) is 4.05. The van der Waals surface area contributed by atoms with Crippen molar-refractivity contribution in [3.63, 3.8) is 0 Å². The molecule has 0 saturated heterocycles. The number of hydrogen-bond acceptors (Lipinski definition) is 3. The molecule has 4 nitrogen and oxygen atoms in total. The molecule has 17 heavy (non-hydrogen) atoms. The third-order valence-corrected chi connectivity index (χ3v) is 2.46. The van der Waals surface area contributed by atoms with Crippen molar-refractivity contribution in [2.75, 3.05) is 5.32 Å². The Kier molecular flexibility index (Phi) is 2.95. The number of carbonyl (C=O) groups is 1. The predicted octanol–water partition coefficient (Wildman–Crippen LogP) is 2.85. The SMILES string of the molecule is Cc1ccc(C)c(NC(=O)c2ncc(C)o2)c1. The fraction of sp³-hybridized carbons (Fsp3) is 0.231. The third-order valence-electron chi connectivity index (χ3n) is 2.46. The van der Waals surface area contributed by atoms with Crippen LogP contribution in [0.5, 0.6) is 0 Å². The van der Waals surface area contributed by atoms with Crippen molar-refractivity contribution in [1.82, 2.24) is 4.98 Å². The van der Waals surface area contributed by atoms with Crippen LogP contribution in [-0.4, -0.2) is 10.9 Å². The minimum atomic E-state index is -0.327. The summed E-state index contributed by atoms with van der Waals surface area (Å²) in [5.41, 5.74) is 2.88. The first-order chi connectivity index (χ1) is 8.06. The molecule has 0 atom stereocenters. The minimum absolute atomic E-state index is 0.0865. The summed E-state index contributed by atoms with van der Waals surface area (Å²) in [6.07, 6.45) is 1.53. The molecule has 1 amide bonds. The molecular formula is C13H14N2O2. The van der Waals surface area contributed by atoms with Gasteiger partial charge in [0.2, 0.25) is 0 Å². The average molecular weight is 230 g/mol. The van der Waals surface area contributed by atoms with E-state index in [4.69, 9.17) is 4.42 Å². The largest absolute Gasteiger partial charge is 0.438 e. The van der Waals surface area contributed by atoms with Crippen molar-refractivity contribution < 1.29 is 9.21 Å². The predicted molar refractivity (Wildman–Crippen MR) is 65.1 cm³/mol. The molecule has 2 aromatic rings. The highest BCUT2D eigenvalue weighted by Crippen LogP contribution is 2.17. The molecule has 0 spiro atoms. The first kappa shape index (κ1) is 11.4. The maximum absolute atomic E-state index is 11.8. The maximum Gasteiger partial charge on any atom is 0.311 e. The number of oxazole rings is 1. The Bertz CT molecular complexity index is 558. The molecule has 1 aromatic carbocycles. The van der Waals surface area contributed by atoms with Gasteiger partial charge in [0.15, 0.2) is 0 Å². The van der Waals surface area contributed by atoms with E-state index in [0.717, 1.165) is 16.8 Å². The van der Waals surface area contributed by atoms with Gasteiger partial charge in [-0.2, -0.15) is 0 Å². The van der Waals surface area contributed by atoms with Crippen LogP contribution >= 0.6 is 0 Å². The van der Waals surface area contributed by atoms with E-state index in [1.807, 2.05) is 32.0 Å². The number of aromatic nitrogens is 1. The molecule has 4 heteroatoms. The van der Waals surface area contributed by atoms with E-state index in [-0.39, 0.29) is 11.8 Å². The highest BCUT2D eigenvalue weighted by Gasteiger charge is 2.13.